The minimum atomic E-state index is 0.361. The first-order chi connectivity index (χ1) is 7.06. The second-order valence-electron chi connectivity index (χ2n) is 3.55. The topological polar surface area (TPSA) is 24.9 Å². The average molecular weight is 261 g/mol. The summed E-state index contributed by atoms with van der Waals surface area (Å²) < 4.78 is 1.01. The zero-order valence-corrected chi connectivity index (χ0v) is 10.7. The van der Waals surface area contributed by atoms with E-state index in [0.717, 1.165) is 15.3 Å². The Labute approximate surface area is 102 Å². The monoisotopic (exact) mass is 260 g/mol. The van der Waals surface area contributed by atoms with E-state index in [1.807, 2.05) is 6.07 Å². The van der Waals surface area contributed by atoms with Gasteiger partial charge in [0, 0.05) is 11.1 Å². The molecular formula is C10H10Cl2N2S. The molecular weight excluding hydrogens is 251 g/mol. The summed E-state index contributed by atoms with van der Waals surface area (Å²) in [6.07, 6.45) is 0. The highest BCUT2D eigenvalue weighted by Crippen LogP contribution is 2.33. The molecule has 0 fully saturated rings. The molecule has 1 aromatic heterocycles. The summed E-state index contributed by atoms with van der Waals surface area (Å²) in [5.74, 6) is 0. The van der Waals surface area contributed by atoms with E-state index in [1.54, 1.807) is 17.4 Å². The Hall–Kier alpha value is -0.510. The van der Waals surface area contributed by atoms with E-state index in [4.69, 9.17) is 23.2 Å². The number of fused-ring (bicyclic) bond motifs is 1. The van der Waals surface area contributed by atoms with E-state index in [2.05, 4.69) is 24.1 Å². The summed E-state index contributed by atoms with van der Waals surface area (Å²) in [6.45, 7) is 4.14. The molecule has 0 aliphatic heterocycles. The number of halogens is 2. The van der Waals surface area contributed by atoms with Gasteiger partial charge in [0.2, 0.25) is 0 Å². The van der Waals surface area contributed by atoms with E-state index in [9.17, 15) is 0 Å². The molecule has 0 aliphatic rings. The molecule has 0 spiro atoms. The molecule has 0 unspecified atom stereocenters. The fourth-order valence-electron chi connectivity index (χ4n) is 1.27. The van der Waals surface area contributed by atoms with Crippen LogP contribution in [-0.2, 0) is 0 Å². The van der Waals surface area contributed by atoms with Crippen LogP contribution < -0.4 is 5.32 Å². The summed E-state index contributed by atoms with van der Waals surface area (Å²) in [4.78, 5) is 4.41. The molecule has 0 saturated heterocycles. The second kappa shape index (κ2) is 4.16. The predicted molar refractivity (Wildman–Crippen MR) is 68.4 cm³/mol. The normalized spacial score (nSPS) is 11.3. The van der Waals surface area contributed by atoms with Crippen LogP contribution in [0, 0.1) is 0 Å². The maximum Gasteiger partial charge on any atom is 0.184 e. The fourth-order valence-corrected chi connectivity index (χ4v) is 3.00. The molecule has 0 saturated carbocycles. The second-order valence-corrected chi connectivity index (χ2v) is 5.43. The molecule has 5 heteroatoms. The van der Waals surface area contributed by atoms with Crippen molar-refractivity contribution >= 4 is 49.9 Å². The molecule has 2 nitrogen and oxygen atoms in total. The molecule has 0 bridgehead atoms. The summed E-state index contributed by atoms with van der Waals surface area (Å²) in [5.41, 5.74) is 0.814. The Morgan fingerprint density at radius 2 is 2.07 bits per heavy atom. The SMILES string of the molecule is CC(C)Nc1nc2c(Cl)cc(Cl)cc2s1. The lowest BCUT2D eigenvalue weighted by Gasteiger charge is -2.03. The van der Waals surface area contributed by atoms with E-state index in [1.165, 1.54) is 0 Å². The molecule has 0 amide bonds. The third kappa shape index (κ3) is 2.36. The van der Waals surface area contributed by atoms with Crippen LogP contribution in [0.4, 0.5) is 5.13 Å². The number of thiazole rings is 1. The van der Waals surface area contributed by atoms with Gasteiger partial charge in [0.25, 0.3) is 0 Å². The third-order valence-corrected chi connectivity index (χ3v) is 3.27. The van der Waals surface area contributed by atoms with Gasteiger partial charge in [-0.3, -0.25) is 0 Å². The van der Waals surface area contributed by atoms with E-state index in [0.29, 0.717) is 16.1 Å². The van der Waals surface area contributed by atoms with Crippen molar-refractivity contribution in [2.75, 3.05) is 5.32 Å². The Kier molecular flexibility index (Phi) is 3.05. The van der Waals surface area contributed by atoms with Crippen LogP contribution in [0.5, 0.6) is 0 Å². The van der Waals surface area contributed by atoms with Gasteiger partial charge >= 0.3 is 0 Å². The lowest BCUT2D eigenvalue weighted by molar-refractivity contribution is 0.897. The van der Waals surface area contributed by atoms with E-state index in [-0.39, 0.29) is 0 Å². The smallest absolute Gasteiger partial charge is 0.184 e. The van der Waals surface area contributed by atoms with Gasteiger partial charge in [0.05, 0.1) is 9.72 Å². The van der Waals surface area contributed by atoms with Crippen LogP contribution in [0.15, 0.2) is 12.1 Å². The molecule has 1 aromatic carbocycles. The molecule has 0 atom stereocenters. The number of nitrogens with zero attached hydrogens (tertiary/aromatic N) is 1. The maximum absolute atomic E-state index is 6.04. The van der Waals surface area contributed by atoms with Crippen molar-refractivity contribution in [2.24, 2.45) is 0 Å². The van der Waals surface area contributed by atoms with Crippen molar-refractivity contribution in [3.05, 3.63) is 22.2 Å². The van der Waals surface area contributed by atoms with Crippen LogP contribution in [-0.4, -0.2) is 11.0 Å². The van der Waals surface area contributed by atoms with E-state index >= 15 is 0 Å². The van der Waals surface area contributed by atoms with Gasteiger partial charge in [-0.25, -0.2) is 4.98 Å². The molecule has 0 aliphatic carbocycles. The molecule has 0 radical (unpaired) electrons. The van der Waals surface area contributed by atoms with Crippen molar-refractivity contribution in [3.63, 3.8) is 0 Å². The average Bonchev–Trinajstić information content (AvgIpc) is 2.45. The van der Waals surface area contributed by atoms with Crippen molar-refractivity contribution in [1.29, 1.82) is 0 Å². The minimum absolute atomic E-state index is 0.361. The van der Waals surface area contributed by atoms with Crippen molar-refractivity contribution in [1.82, 2.24) is 4.98 Å². The van der Waals surface area contributed by atoms with Gasteiger partial charge in [0.1, 0.15) is 5.52 Å². The highest BCUT2D eigenvalue weighted by molar-refractivity contribution is 7.22. The summed E-state index contributed by atoms with van der Waals surface area (Å²) in [7, 11) is 0. The van der Waals surface area contributed by atoms with Crippen LogP contribution in [0.25, 0.3) is 10.2 Å². The first kappa shape index (κ1) is 11.0. The number of rotatable bonds is 2. The standard InChI is InChI=1S/C10H10Cl2N2S/c1-5(2)13-10-14-9-7(12)3-6(11)4-8(9)15-10/h3-5H,1-2H3,(H,13,14). The largest absolute Gasteiger partial charge is 0.359 e. The zero-order valence-electron chi connectivity index (χ0n) is 8.34. The van der Waals surface area contributed by atoms with Gasteiger partial charge < -0.3 is 5.32 Å². The Morgan fingerprint density at radius 3 is 2.73 bits per heavy atom. The van der Waals surface area contributed by atoms with Crippen LogP contribution in [0.3, 0.4) is 0 Å². The van der Waals surface area contributed by atoms with Gasteiger partial charge in [-0.15, -0.1) is 0 Å². The summed E-state index contributed by atoms with van der Waals surface area (Å²) in [5, 5.41) is 5.37. The van der Waals surface area contributed by atoms with E-state index < -0.39 is 0 Å². The first-order valence-corrected chi connectivity index (χ1v) is 6.15. The Bertz CT molecular complexity index is 493. The number of nitrogens with one attached hydrogen (secondary N) is 1. The Morgan fingerprint density at radius 1 is 1.33 bits per heavy atom. The molecule has 80 valence electrons. The lowest BCUT2D eigenvalue weighted by atomic mass is 10.3. The number of benzene rings is 1. The lowest BCUT2D eigenvalue weighted by Crippen LogP contribution is -2.08. The number of hydrogen-bond acceptors (Lipinski definition) is 3. The van der Waals surface area contributed by atoms with Gasteiger partial charge in [-0.2, -0.15) is 0 Å². The highest BCUT2D eigenvalue weighted by Gasteiger charge is 2.08. The van der Waals surface area contributed by atoms with Crippen LogP contribution in [0.1, 0.15) is 13.8 Å². The zero-order chi connectivity index (χ0) is 11.0. The third-order valence-electron chi connectivity index (χ3n) is 1.83. The summed E-state index contributed by atoms with van der Waals surface area (Å²) in [6, 6.07) is 3.95. The maximum atomic E-state index is 6.04. The van der Waals surface area contributed by atoms with Crippen LogP contribution in [0.2, 0.25) is 10.0 Å². The number of anilines is 1. The van der Waals surface area contributed by atoms with Crippen molar-refractivity contribution < 1.29 is 0 Å². The Balaban J connectivity index is 2.50. The molecule has 15 heavy (non-hydrogen) atoms. The van der Waals surface area contributed by atoms with Gasteiger partial charge in [-0.05, 0) is 26.0 Å². The molecule has 1 heterocycles. The van der Waals surface area contributed by atoms with Crippen molar-refractivity contribution in [3.8, 4) is 0 Å². The minimum Gasteiger partial charge on any atom is -0.359 e. The first-order valence-electron chi connectivity index (χ1n) is 4.58. The number of hydrogen-bond donors (Lipinski definition) is 1. The van der Waals surface area contributed by atoms with Gasteiger partial charge in [-0.1, -0.05) is 34.5 Å². The summed E-state index contributed by atoms with van der Waals surface area (Å²) >= 11 is 13.5. The molecule has 2 rings (SSSR count). The fraction of sp³-hybridized carbons (Fsp3) is 0.300. The van der Waals surface area contributed by atoms with Crippen molar-refractivity contribution in [2.45, 2.75) is 19.9 Å². The predicted octanol–water partition coefficient (Wildman–Crippen LogP) is 4.42. The quantitative estimate of drug-likeness (QED) is 0.865. The highest BCUT2D eigenvalue weighted by atomic mass is 35.5. The molecule has 1 N–H and O–H groups in total. The molecule has 2 aromatic rings. The van der Waals surface area contributed by atoms with Gasteiger partial charge in [0.15, 0.2) is 5.13 Å². The number of aromatic nitrogens is 1. The van der Waals surface area contributed by atoms with Crippen LogP contribution >= 0.6 is 34.5 Å².